The number of hydrogen-bond donors (Lipinski definition) is 0. The molecule has 0 aromatic heterocycles. The van der Waals surface area contributed by atoms with E-state index in [1.807, 2.05) is 18.2 Å². The van der Waals surface area contributed by atoms with Crippen molar-refractivity contribution < 1.29 is 14.3 Å². The summed E-state index contributed by atoms with van der Waals surface area (Å²) < 4.78 is 5.16. The van der Waals surface area contributed by atoms with E-state index in [4.69, 9.17) is 4.74 Å². The Kier molecular flexibility index (Phi) is 6.26. The second-order valence-electron chi connectivity index (χ2n) is 7.63. The Hall–Kier alpha value is -2.96. The van der Waals surface area contributed by atoms with Crippen LogP contribution in [0.1, 0.15) is 12.0 Å². The van der Waals surface area contributed by atoms with E-state index in [9.17, 15) is 9.59 Å². The van der Waals surface area contributed by atoms with Gasteiger partial charge in [0, 0.05) is 32.7 Å². The number of carbonyl (C=O) groups excluding carboxylic acids is 2. The largest absolute Gasteiger partial charge is 0.497 e. The zero-order valence-electron chi connectivity index (χ0n) is 17.2. The molecule has 1 atom stereocenters. The van der Waals surface area contributed by atoms with Gasteiger partial charge < -0.3 is 4.74 Å². The summed E-state index contributed by atoms with van der Waals surface area (Å²) in [6, 6.07) is 17.0. The van der Waals surface area contributed by atoms with E-state index in [1.54, 1.807) is 31.4 Å². The van der Waals surface area contributed by atoms with Crippen LogP contribution in [-0.2, 0) is 9.59 Å². The van der Waals surface area contributed by atoms with Gasteiger partial charge >= 0.3 is 0 Å². The Bertz CT molecular complexity index is 903. The molecule has 2 aromatic rings. The minimum Gasteiger partial charge on any atom is -0.497 e. The zero-order chi connectivity index (χ0) is 20.9. The first kappa shape index (κ1) is 20.3. The number of benzene rings is 2. The van der Waals surface area contributed by atoms with Crippen LogP contribution in [0.3, 0.4) is 0 Å². The molecule has 0 unspecified atom stereocenters. The van der Waals surface area contributed by atoms with Gasteiger partial charge in [-0.2, -0.15) is 0 Å². The van der Waals surface area contributed by atoms with E-state index in [0.717, 1.165) is 32.7 Å². The maximum atomic E-state index is 13.0. The maximum Gasteiger partial charge on any atom is 0.251 e. The molecule has 2 aromatic carbocycles. The molecule has 0 saturated carbocycles. The molecule has 6 nitrogen and oxygen atoms in total. The first-order valence-corrected chi connectivity index (χ1v) is 10.3. The fraction of sp³-hybridized carbons (Fsp3) is 0.333. The third-order valence-corrected chi connectivity index (χ3v) is 5.77. The van der Waals surface area contributed by atoms with E-state index in [-0.39, 0.29) is 24.3 Å². The van der Waals surface area contributed by atoms with Gasteiger partial charge in [-0.25, -0.2) is 4.90 Å². The minimum atomic E-state index is -0.360. The summed E-state index contributed by atoms with van der Waals surface area (Å²) in [6.45, 7) is 4.25. The van der Waals surface area contributed by atoms with E-state index in [0.29, 0.717) is 11.4 Å². The van der Waals surface area contributed by atoms with Gasteiger partial charge in [-0.05, 0) is 29.8 Å². The van der Waals surface area contributed by atoms with Crippen LogP contribution in [0.15, 0.2) is 60.7 Å². The molecule has 2 aliphatic rings. The Labute approximate surface area is 177 Å². The second kappa shape index (κ2) is 9.24. The smallest absolute Gasteiger partial charge is 0.251 e. The lowest BCUT2D eigenvalue weighted by molar-refractivity contribution is -0.123. The molecule has 156 valence electrons. The third kappa shape index (κ3) is 4.45. The van der Waals surface area contributed by atoms with Crippen LogP contribution in [0.2, 0.25) is 0 Å². The van der Waals surface area contributed by atoms with Crippen LogP contribution in [0.4, 0.5) is 5.69 Å². The molecule has 0 spiro atoms. The first-order valence-electron chi connectivity index (χ1n) is 10.3. The number of piperazine rings is 1. The molecule has 2 heterocycles. The standard InChI is InChI=1S/C24H27N3O3/c1-30-21-11-9-20(10-12-21)27-23(28)18-22(24(27)29)26-16-14-25(15-17-26)13-5-8-19-6-3-2-4-7-19/h2-12,22H,13-18H2,1H3/b8-5+/t22-/m1/s1. The molecule has 0 N–H and O–H groups in total. The summed E-state index contributed by atoms with van der Waals surface area (Å²) in [5.74, 6) is 0.442. The predicted molar refractivity (Wildman–Crippen MR) is 117 cm³/mol. The van der Waals surface area contributed by atoms with Crippen molar-refractivity contribution >= 4 is 23.6 Å². The van der Waals surface area contributed by atoms with Crippen LogP contribution in [0.5, 0.6) is 5.75 Å². The molecule has 2 aliphatic heterocycles. The van der Waals surface area contributed by atoms with Crippen LogP contribution in [0, 0.1) is 0 Å². The number of nitrogens with zero attached hydrogens (tertiary/aromatic N) is 3. The van der Waals surface area contributed by atoms with Crippen molar-refractivity contribution in [2.75, 3.05) is 44.7 Å². The third-order valence-electron chi connectivity index (χ3n) is 5.77. The van der Waals surface area contributed by atoms with Crippen LogP contribution in [-0.4, -0.2) is 67.5 Å². The topological polar surface area (TPSA) is 53.1 Å². The van der Waals surface area contributed by atoms with E-state index in [2.05, 4.69) is 34.1 Å². The summed E-state index contributed by atoms with van der Waals surface area (Å²) >= 11 is 0. The Morgan fingerprint density at radius 2 is 1.67 bits per heavy atom. The lowest BCUT2D eigenvalue weighted by Gasteiger charge is -2.36. The van der Waals surface area contributed by atoms with Gasteiger partial charge in [-0.1, -0.05) is 42.5 Å². The van der Waals surface area contributed by atoms with Crippen molar-refractivity contribution in [2.24, 2.45) is 0 Å². The fourth-order valence-electron chi connectivity index (χ4n) is 4.06. The number of anilines is 1. The fourth-order valence-corrected chi connectivity index (χ4v) is 4.06. The SMILES string of the molecule is COc1ccc(N2C(=O)C[C@@H](N3CCN(C/C=C/c4ccccc4)CC3)C2=O)cc1. The monoisotopic (exact) mass is 405 g/mol. The average Bonchev–Trinajstić information content (AvgIpc) is 3.09. The van der Waals surface area contributed by atoms with E-state index in [1.165, 1.54) is 10.5 Å². The van der Waals surface area contributed by atoms with Gasteiger partial charge in [0.05, 0.1) is 25.3 Å². The Morgan fingerprint density at radius 3 is 2.33 bits per heavy atom. The first-order chi connectivity index (χ1) is 14.7. The van der Waals surface area contributed by atoms with Gasteiger partial charge in [0.1, 0.15) is 5.75 Å². The van der Waals surface area contributed by atoms with Crippen molar-refractivity contribution in [3.63, 3.8) is 0 Å². The Morgan fingerprint density at radius 1 is 0.967 bits per heavy atom. The van der Waals surface area contributed by atoms with Crippen LogP contribution < -0.4 is 9.64 Å². The van der Waals surface area contributed by atoms with Crippen molar-refractivity contribution in [1.29, 1.82) is 0 Å². The van der Waals surface area contributed by atoms with E-state index >= 15 is 0 Å². The molecular weight excluding hydrogens is 378 g/mol. The summed E-state index contributed by atoms with van der Waals surface area (Å²) in [7, 11) is 1.59. The molecule has 4 rings (SSSR count). The predicted octanol–water partition coefficient (Wildman–Crippen LogP) is 2.66. The van der Waals surface area contributed by atoms with Crippen LogP contribution in [0.25, 0.3) is 6.08 Å². The van der Waals surface area contributed by atoms with Crippen molar-refractivity contribution in [2.45, 2.75) is 12.5 Å². The molecule has 0 aliphatic carbocycles. The summed E-state index contributed by atoms with van der Waals surface area (Å²) in [5, 5.41) is 0. The molecule has 2 amide bonds. The van der Waals surface area contributed by atoms with E-state index < -0.39 is 0 Å². The lowest BCUT2D eigenvalue weighted by atomic mass is 10.1. The van der Waals surface area contributed by atoms with Crippen LogP contribution >= 0.6 is 0 Å². The lowest BCUT2D eigenvalue weighted by Crippen LogP contribution is -2.52. The van der Waals surface area contributed by atoms with Gasteiger partial charge in [-0.15, -0.1) is 0 Å². The van der Waals surface area contributed by atoms with Gasteiger partial charge in [0.15, 0.2) is 0 Å². The van der Waals surface area contributed by atoms with Gasteiger partial charge in [0.2, 0.25) is 5.91 Å². The number of ether oxygens (including phenoxy) is 1. The summed E-state index contributed by atoms with van der Waals surface area (Å²) in [6.07, 6.45) is 4.57. The van der Waals surface area contributed by atoms with Crippen molar-refractivity contribution in [3.05, 3.63) is 66.2 Å². The average molecular weight is 405 g/mol. The summed E-state index contributed by atoms with van der Waals surface area (Å²) in [4.78, 5) is 31.4. The Balaban J connectivity index is 1.31. The molecule has 0 radical (unpaired) electrons. The number of amides is 2. The summed E-state index contributed by atoms with van der Waals surface area (Å²) in [5.41, 5.74) is 1.81. The molecule has 6 heteroatoms. The normalized spacial score (nSPS) is 21.0. The van der Waals surface area contributed by atoms with Gasteiger partial charge in [-0.3, -0.25) is 19.4 Å². The number of carbonyl (C=O) groups is 2. The maximum absolute atomic E-state index is 13.0. The highest BCUT2D eigenvalue weighted by Crippen LogP contribution is 2.27. The van der Waals surface area contributed by atoms with Gasteiger partial charge in [0.25, 0.3) is 5.91 Å². The highest BCUT2D eigenvalue weighted by atomic mass is 16.5. The molecule has 30 heavy (non-hydrogen) atoms. The molecule has 0 bridgehead atoms. The van der Waals surface area contributed by atoms with Crippen molar-refractivity contribution in [3.8, 4) is 5.75 Å². The highest BCUT2D eigenvalue weighted by molar-refractivity contribution is 6.22. The zero-order valence-corrected chi connectivity index (χ0v) is 17.2. The number of hydrogen-bond acceptors (Lipinski definition) is 5. The number of methoxy groups -OCH3 is 1. The highest BCUT2D eigenvalue weighted by Gasteiger charge is 2.43. The molecule has 2 saturated heterocycles. The molecular formula is C24H27N3O3. The van der Waals surface area contributed by atoms with Crippen molar-refractivity contribution in [1.82, 2.24) is 9.80 Å². The molecule has 2 fully saturated rings. The number of rotatable bonds is 6. The minimum absolute atomic E-state index is 0.123. The number of imide groups is 1. The second-order valence-corrected chi connectivity index (χ2v) is 7.63. The quantitative estimate of drug-likeness (QED) is 0.692.